The fourth-order valence-corrected chi connectivity index (χ4v) is 3.74. The Kier molecular flexibility index (Phi) is 5.06. The first-order valence-corrected chi connectivity index (χ1v) is 11.6. The second-order valence-electron chi connectivity index (χ2n) is 7.37. The normalized spacial score (nSPS) is 12.5. The van der Waals surface area contributed by atoms with Crippen LogP contribution in [-0.2, 0) is 13.6 Å². The predicted molar refractivity (Wildman–Crippen MR) is 102 cm³/mol. The van der Waals surface area contributed by atoms with Gasteiger partial charge in [-0.3, -0.25) is 0 Å². The highest BCUT2D eigenvalue weighted by atomic mass is 127. The van der Waals surface area contributed by atoms with Gasteiger partial charge in [0, 0.05) is 22.6 Å². The minimum absolute atomic E-state index is 0.224. The molecule has 0 saturated carbocycles. The smallest absolute Gasteiger partial charge is 0.250 e. The van der Waals surface area contributed by atoms with Crippen molar-refractivity contribution in [2.45, 2.75) is 45.4 Å². The van der Waals surface area contributed by atoms with Gasteiger partial charge in [0.25, 0.3) is 0 Å². The van der Waals surface area contributed by atoms with Crippen molar-refractivity contribution in [1.82, 2.24) is 4.57 Å². The third-order valence-electron chi connectivity index (χ3n) is 4.36. The number of nitrogens with zero attached hydrogens (tertiary/aromatic N) is 2. The Morgan fingerprint density at radius 1 is 1.18 bits per heavy atom. The summed E-state index contributed by atoms with van der Waals surface area (Å²) in [4.78, 5) is 0. The van der Waals surface area contributed by atoms with E-state index in [1.807, 2.05) is 0 Å². The Bertz CT molecular complexity index is 642. The second kappa shape index (κ2) is 6.35. The minimum Gasteiger partial charge on any atom is -0.544 e. The molecule has 0 aliphatic heterocycles. The van der Waals surface area contributed by atoms with Gasteiger partial charge in [0.2, 0.25) is 18.3 Å². The number of halogens is 1. The van der Waals surface area contributed by atoms with E-state index in [0.29, 0.717) is 0 Å². The maximum atomic E-state index is 6.33. The zero-order valence-electron chi connectivity index (χ0n) is 14.4. The first-order valence-electron chi connectivity index (χ1n) is 7.57. The number of hydrogen-bond acceptors (Lipinski definition) is 1. The molecule has 0 unspecified atom stereocenters. The van der Waals surface area contributed by atoms with E-state index < -0.39 is 8.32 Å². The number of rotatable bonds is 4. The maximum Gasteiger partial charge on any atom is 0.250 e. The van der Waals surface area contributed by atoms with E-state index in [0.717, 1.165) is 12.3 Å². The molecule has 22 heavy (non-hydrogen) atoms. The summed E-state index contributed by atoms with van der Waals surface area (Å²) in [5, 5.41) is 0.224. The molecule has 0 atom stereocenters. The molecule has 2 rings (SSSR count). The molecule has 0 N–H and O–H groups in total. The molecule has 120 valence electrons. The van der Waals surface area contributed by atoms with Gasteiger partial charge in [-0.25, -0.2) is 9.13 Å². The molecule has 0 fully saturated rings. The van der Waals surface area contributed by atoms with Crippen LogP contribution in [0.4, 0.5) is 0 Å². The highest BCUT2D eigenvalue weighted by molar-refractivity contribution is 14.1. The highest BCUT2D eigenvalue weighted by Crippen LogP contribution is 2.37. The summed E-state index contributed by atoms with van der Waals surface area (Å²) in [5.74, 6) is 0.989. The molecule has 2 aromatic rings. The molecule has 0 amide bonds. The van der Waals surface area contributed by atoms with Crippen LogP contribution in [0.5, 0.6) is 5.75 Å². The average Bonchev–Trinajstić information content (AvgIpc) is 2.68. The lowest BCUT2D eigenvalue weighted by Crippen LogP contribution is -2.43. The third-order valence-corrected chi connectivity index (χ3v) is 9.62. The first-order chi connectivity index (χ1) is 10.1. The van der Waals surface area contributed by atoms with Crippen LogP contribution < -0.4 is 8.99 Å². The van der Waals surface area contributed by atoms with Gasteiger partial charge in [-0.05, 0) is 35.8 Å². The predicted octanol–water partition coefficient (Wildman–Crippen LogP) is 4.35. The van der Waals surface area contributed by atoms with Crippen LogP contribution in [0, 0.1) is 3.70 Å². The van der Waals surface area contributed by atoms with E-state index in [-0.39, 0.29) is 5.04 Å². The summed E-state index contributed by atoms with van der Waals surface area (Å²) in [7, 11) is 0.298. The van der Waals surface area contributed by atoms with Gasteiger partial charge in [0.05, 0.1) is 7.05 Å². The Morgan fingerprint density at radius 2 is 1.77 bits per heavy atom. The highest BCUT2D eigenvalue weighted by Gasteiger charge is 2.38. The third kappa shape index (κ3) is 4.13. The van der Waals surface area contributed by atoms with E-state index in [1.165, 1.54) is 9.26 Å². The van der Waals surface area contributed by atoms with Crippen LogP contribution in [0.1, 0.15) is 26.3 Å². The van der Waals surface area contributed by atoms with Crippen LogP contribution in [0.3, 0.4) is 0 Å². The van der Waals surface area contributed by atoms with E-state index in [4.69, 9.17) is 4.43 Å². The quantitative estimate of drug-likeness (QED) is 0.402. The van der Waals surface area contributed by atoms with Crippen molar-refractivity contribution >= 4 is 30.9 Å². The molecular weight excluding hydrogens is 403 g/mol. The zero-order chi connectivity index (χ0) is 16.5. The molecule has 5 heteroatoms. The lowest BCUT2D eigenvalue weighted by atomic mass is 10.2. The van der Waals surface area contributed by atoms with Gasteiger partial charge in [0.1, 0.15) is 18.5 Å². The summed E-state index contributed by atoms with van der Waals surface area (Å²) in [5.41, 5.74) is 1.29. The molecule has 1 aromatic carbocycles. The molecule has 1 aromatic heterocycles. The van der Waals surface area contributed by atoms with Crippen molar-refractivity contribution in [3.63, 3.8) is 0 Å². The standard InChI is InChI=1S/C17H26IN2OSi/c1-17(2,3)22(5,6)21-15-9-7-14(8-10-15)11-20-13-19(4)12-16(20)18/h7-10,12-13H,11H2,1-6H3/q+1. The van der Waals surface area contributed by atoms with Gasteiger partial charge >= 0.3 is 0 Å². The average molecular weight is 429 g/mol. The molecule has 0 aliphatic rings. The summed E-state index contributed by atoms with van der Waals surface area (Å²) < 4.78 is 11.9. The Hall–Kier alpha value is -0.823. The van der Waals surface area contributed by atoms with Crippen LogP contribution in [0.25, 0.3) is 0 Å². The van der Waals surface area contributed by atoms with E-state index in [2.05, 4.69) is 109 Å². The number of aromatic nitrogens is 2. The lowest BCUT2D eigenvalue weighted by molar-refractivity contribution is -0.671. The fraction of sp³-hybridized carbons (Fsp3) is 0.471. The van der Waals surface area contributed by atoms with Gasteiger partial charge < -0.3 is 4.43 Å². The van der Waals surface area contributed by atoms with Crippen LogP contribution in [0.2, 0.25) is 18.1 Å². The number of aryl methyl sites for hydroxylation is 1. The number of imidazole rings is 1. The molecule has 3 nitrogen and oxygen atoms in total. The monoisotopic (exact) mass is 429 g/mol. The van der Waals surface area contributed by atoms with Gasteiger partial charge in [-0.2, -0.15) is 0 Å². The Labute approximate surface area is 148 Å². The summed E-state index contributed by atoms with van der Waals surface area (Å²) in [6.45, 7) is 12.2. The van der Waals surface area contributed by atoms with Crippen molar-refractivity contribution in [2.75, 3.05) is 0 Å². The number of benzene rings is 1. The van der Waals surface area contributed by atoms with Crippen LogP contribution >= 0.6 is 22.6 Å². The van der Waals surface area contributed by atoms with Crippen molar-refractivity contribution in [1.29, 1.82) is 0 Å². The summed E-state index contributed by atoms with van der Waals surface area (Å²) >= 11 is 2.36. The van der Waals surface area contributed by atoms with E-state index in [9.17, 15) is 0 Å². The van der Waals surface area contributed by atoms with Gasteiger partial charge in [-0.15, -0.1) is 0 Å². The topological polar surface area (TPSA) is 18.0 Å². The largest absolute Gasteiger partial charge is 0.544 e. The molecule has 0 saturated heterocycles. The molecular formula is C17H26IN2OSi+. The zero-order valence-corrected chi connectivity index (χ0v) is 17.5. The molecule has 0 spiro atoms. The maximum absolute atomic E-state index is 6.33. The van der Waals surface area contributed by atoms with Crippen LogP contribution in [-0.4, -0.2) is 12.9 Å². The van der Waals surface area contributed by atoms with Gasteiger partial charge in [-0.1, -0.05) is 32.9 Å². The second-order valence-corrected chi connectivity index (χ2v) is 13.2. The number of hydrogen-bond donors (Lipinski definition) is 0. The first kappa shape index (κ1) is 17.5. The Morgan fingerprint density at radius 3 is 2.23 bits per heavy atom. The molecule has 0 aliphatic carbocycles. The van der Waals surface area contributed by atoms with Crippen molar-refractivity contribution in [3.05, 3.63) is 46.1 Å². The molecule has 0 bridgehead atoms. The van der Waals surface area contributed by atoms with Crippen molar-refractivity contribution in [2.24, 2.45) is 7.05 Å². The van der Waals surface area contributed by atoms with Crippen molar-refractivity contribution < 1.29 is 8.99 Å². The van der Waals surface area contributed by atoms with E-state index in [1.54, 1.807) is 0 Å². The summed E-state index contributed by atoms with van der Waals surface area (Å²) in [6, 6.07) is 8.54. The minimum atomic E-state index is -1.75. The molecule has 1 heterocycles. The van der Waals surface area contributed by atoms with E-state index >= 15 is 0 Å². The lowest BCUT2D eigenvalue weighted by Gasteiger charge is -2.36. The van der Waals surface area contributed by atoms with Gasteiger partial charge in [0.15, 0.2) is 0 Å². The molecule has 0 radical (unpaired) electrons. The fourth-order valence-electron chi connectivity index (χ4n) is 1.97. The Balaban J connectivity index is 2.09. The summed E-state index contributed by atoms with van der Waals surface area (Å²) in [6.07, 6.45) is 4.23. The SMILES string of the molecule is C[n+]1cc(I)n(Cc2ccc(O[Si](C)(C)C(C)(C)C)cc2)c1. The van der Waals surface area contributed by atoms with Crippen molar-refractivity contribution in [3.8, 4) is 5.75 Å². The van der Waals surface area contributed by atoms with Crippen LogP contribution in [0.15, 0.2) is 36.8 Å².